The highest BCUT2D eigenvalue weighted by Crippen LogP contribution is 2.15. The van der Waals surface area contributed by atoms with Crippen molar-refractivity contribution in [3.8, 4) is 0 Å². The van der Waals surface area contributed by atoms with Gasteiger partial charge in [-0.3, -0.25) is 4.79 Å². The maximum Gasteiger partial charge on any atom is 0.253 e. The van der Waals surface area contributed by atoms with E-state index in [9.17, 15) is 4.79 Å². The van der Waals surface area contributed by atoms with Gasteiger partial charge in [-0.2, -0.15) is 0 Å². The molecule has 0 atom stereocenters. The molecule has 0 aliphatic carbocycles. The first-order valence-corrected chi connectivity index (χ1v) is 8.25. The molecule has 0 fully saturated rings. The average Bonchev–Trinajstić information content (AvgIpc) is 2.48. The number of benzene rings is 1. The lowest BCUT2D eigenvalue weighted by Crippen LogP contribution is -2.33. The molecule has 0 unspecified atom stereocenters. The molecule has 3 heteroatoms. The number of nitrogens with zero attached hydrogens (tertiary/aromatic N) is 1. The maximum atomic E-state index is 12.7. The molecule has 1 aromatic rings. The molecule has 0 saturated heterocycles. The average molecular weight is 290 g/mol. The van der Waals surface area contributed by atoms with Gasteiger partial charge in [0.15, 0.2) is 0 Å². The van der Waals surface area contributed by atoms with Crippen molar-refractivity contribution < 1.29 is 4.79 Å². The highest BCUT2D eigenvalue weighted by molar-refractivity contribution is 5.94. The molecule has 0 spiro atoms. The van der Waals surface area contributed by atoms with Crippen molar-refractivity contribution in [1.82, 2.24) is 4.90 Å². The number of nitrogen functional groups attached to an aromatic ring is 1. The molecule has 0 heterocycles. The third-order valence-corrected chi connectivity index (χ3v) is 3.87. The van der Waals surface area contributed by atoms with Crippen LogP contribution in [0.15, 0.2) is 18.2 Å². The number of amides is 1. The molecule has 0 aliphatic heterocycles. The Balaban J connectivity index is 2.73. The predicted octanol–water partition coefficient (Wildman–Crippen LogP) is 4.40. The van der Waals surface area contributed by atoms with Crippen molar-refractivity contribution in [3.05, 3.63) is 29.3 Å². The summed E-state index contributed by atoms with van der Waals surface area (Å²) in [4.78, 5) is 14.7. The topological polar surface area (TPSA) is 46.3 Å². The van der Waals surface area contributed by atoms with E-state index in [2.05, 4.69) is 13.8 Å². The van der Waals surface area contributed by atoms with Gasteiger partial charge in [0.2, 0.25) is 0 Å². The fourth-order valence-electron chi connectivity index (χ4n) is 2.41. The van der Waals surface area contributed by atoms with Crippen molar-refractivity contribution in [2.24, 2.45) is 0 Å². The summed E-state index contributed by atoms with van der Waals surface area (Å²) in [6, 6.07) is 5.58. The van der Waals surface area contributed by atoms with Gasteiger partial charge in [0.1, 0.15) is 0 Å². The van der Waals surface area contributed by atoms with Gasteiger partial charge in [-0.25, -0.2) is 0 Å². The number of carbonyl (C=O) groups is 1. The number of carbonyl (C=O) groups excluding carboxylic acids is 1. The van der Waals surface area contributed by atoms with Crippen LogP contribution in [0.25, 0.3) is 0 Å². The van der Waals surface area contributed by atoms with E-state index in [4.69, 9.17) is 5.73 Å². The molecule has 1 amide bonds. The monoisotopic (exact) mass is 290 g/mol. The molecule has 0 aromatic heterocycles. The molecule has 0 saturated carbocycles. The summed E-state index contributed by atoms with van der Waals surface area (Å²) in [7, 11) is 0. The molecule has 118 valence electrons. The number of hydrogen-bond acceptors (Lipinski definition) is 2. The molecule has 1 rings (SSSR count). The summed E-state index contributed by atoms with van der Waals surface area (Å²) in [5.41, 5.74) is 8.32. The van der Waals surface area contributed by atoms with E-state index in [0.717, 1.165) is 42.7 Å². The largest absolute Gasteiger partial charge is 0.399 e. The number of aryl methyl sites for hydroxylation is 1. The minimum absolute atomic E-state index is 0.144. The minimum Gasteiger partial charge on any atom is -0.399 e. The summed E-state index contributed by atoms with van der Waals surface area (Å²) < 4.78 is 0. The van der Waals surface area contributed by atoms with Crippen LogP contribution in [0.3, 0.4) is 0 Å². The van der Waals surface area contributed by atoms with Crippen LogP contribution in [0.1, 0.15) is 68.3 Å². The maximum absolute atomic E-state index is 12.7. The zero-order chi connectivity index (χ0) is 15.7. The first kappa shape index (κ1) is 17.5. The second-order valence-electron chi connectivity index (χ2n) is 5.78. The van der Waals surface area contributed by atoms with E-state index in [1.807, 2.05) is 30.0 Å². The van der Waals surface area contributed by atoms with E-state index in [-0.39, 0.29) is 5.91 Å². The number of rotatable bonds is 9. The van der Waals surface area contributed by atoms with Crippen LogP contribution in [-0.4, -0.2) is 23.9 Å². The van der Waals surface area contributed by atoms with Gasteiger partial charge in [-0.15, -0.1) is 0 Å². The third-order valence-electron chi connectivity index (χ3n) is 3.87. The van der Waals surface area contributed by atoms with Gasteiger partial charge >= 0.3 is 0 Å². The van der Waals surface area contributed by atoms with Gasteiger partial charge in [-0.05, 0) is 43.5 Å². The van der Waals surface area contributed by atoms with Gasteiger partial charge < -0.3 is 10.6 Å². The van der Waals surface area contributed by atoms with Crippen molar-refractivity contribution in [2.45, 2.75) is 59.3 Å². The fourth-order valence-corrected chi connectivity index (χ4v) is 2.41. The van der Waals surface area contributed by atoms with Crippen LogP contribution < -0.4 is 5.73 Å². The van der Waals surface area contributed by atoms with Crippen LogP contribution in [0, 0.1) is 6.92 Å². The van der Waals surface area contributed by atoms with E-state index in [0.29, 0.717) is 0 Å². The lowest BCUT2D eigenvalue weighted by atomic mass is 10.1. The van der Waals surface area contributed by atoms with E-state index < -0.39 is 0 Å². The van der Waals surface area contributed by atoms with Crippen molar-refractivity contribution in [1.29, 1.82) is 0 Å². The molecular formula is C18H30N2O. The molecule has 3 nitrogen and oxygen atoms in total. The van der Waals surface area contributed by atoms with Gasteiger partial charge in [-0.1, -0.05) is 39.5 Å². The Labute approximate surface area is 129 Å². The zero-order valence-corrected chi connectivity index (χ0v) is 13.8. The number of unbranched alkanes of at least 4 members (excludes halogenated alkanes) is 4. The Morgan fingerprint density at radius 2 is 1.62 bits per heavy atom. The minimum atomic E-state index is 0.144. The van der Waals surface area contributed by atoms with Gasteiger partial charge in [0, 0.05) is 24.3 Å². The van der Waals surface area contributed by atoms with Crippen molar-refractivity contribution >= 4 is 11.6 Å². The molecule has 2 N–H and O–H groups in total. The molecule has 21 heavy (non-hydrogen) atoms. The fraction of sp³-hybridized carbons (Fsp3) is 0.611. The van der Waals surface area contributed by atoms with Gasteiger partial charge in [0.05, 0.1) is 0 Å². The van der Waals surface area contributed by atoms with E-state index in [1.165, 1.54) is 25.7 Å². The van der Waals surface area contributed by atoms with Crippen LogP contribution in [0.5, 0.6) is 0 Å². The Kier molecular flexibility index (Phi) is 7.88. The van der Waals surface area contributed by atoms with Crippen LogP contribution in [0.2, 0.25) is 0 Å². The second-order valence-corrected chi connectivity index (χ2v) is 5.78. The van der Waals surface area contributed by atoms with Crippen LogP contribution in [0.4, 0.5) is 5.69 Å². The normalized spacial score (nSPS) is 10.6. The highest BCUT2D eigenvalue weighted by atomic mass is 16.2. The van der Waals surface area contributed by atoms with E-state index in [1.54, 1.807) is 0 Å². The summed E-state index contributed by atoms with van der Waals surface area (Å²) in [5, 5.41) is 0. The number of anilines is 1. The third kappa shape index (κ3) is 5.78. The van der Waals surface area contributed by atoms with Crippen LogP contribution >= 0.6 is 0 Å². The number of hydrogen-bond donors (Lipinski definition) is 1. The standard InChI is InChI=1S/C18H30N2O/c1-4-6-8-12-20(13-9-7-5-2)18(21)16-10-11-17(19)15(3)14-16/h10-11,14H,4-9,12-13,19H2,1-3H3. The van der Waals surface area contributed by atoms with Crippen molar-refractivity contribution in [3.63, 3.8) is 0 Å². The smallest absolute Gasteiger partial charge is 0.253 e. The Hall–Kier alpha value is -1.51. The molecule has 0 radical (unpaired) electrons. The molecular weight excluding hydrogens is 260 g/mol. The highest BCUT2D eigenvalue weighted by Gasteiger charge is 2.15. The summed E-state index contributed by atoms with van der Waals surface area (Å²) in [5.74, 6) is 0.144. The summed E-state index contributed by atoms with van der Waals surface area (Å²) in [6.45, 7) is 8.05. The summed E-state index contributed by atoms with van der Waals surface area (Å²) >= 11 is 0. The van der Waals surface area contributed by atoms with E-state index >= 15 is 0 Å². The SMILES string of the molecule is CCCCCN(CCCCC)C(=O)c1ccc(N)c(C)c1. The number of nitrogens with two attached hydrogens (primary N) is 1. The second kappa shape index (κ2) is 9.43. The lowest BCUT2D eigenvalue weighted by Gasteiger charge is -2.23. The first-order valence-electron chi connectivity index (χ1n) is 8.25. The zero-order valence-electron chi connectivity index (χ0n) is 13.8. The van der Waals surface area contributed by atoms with Crippen LogP contribution in [-0.2, 0) is 0 Å². The Morgan fingerprint density at radius 1 is 1.05 bits per heavy atom. The quantitative estimate of drug-likeness (QED) is 0.541. The Morgan fingerprint density at radius 3 is 2.10 bits per heavy atom. The van der Waals surface area contributed by atoms with Crippen molar-refractivity contribution in [2.75, 3.05) is 18.8 Å². The first-order chi connectivity index (χ1) is 10.1. The predicted molar refractivity (Wildman–Crippen MR) is 90.5 cm³/mol. The molecule has 0 aliphatic rings. The van der Waals surface area contributed by atoms with Gasteiger partial charge in [0.25, 0.3) is 5.91 Å². The summed E-state index contributed by atoms with van der Waals surface area (Å²) in [6.07, 6.45) is 6.89. The lowest BCUT2D eigenvalue weighted by molar-refractivity contribution is 0.0749. The molecule has 0 bridgehead atoms. The Bertz CT molecular complexity index is 433. The molecule has 1 aromatic carbocycles.